The van der Waals surface area contributed by atoms with Crippen molar-refractivity contribution in [3.05, 3.63) is 23.8 Å². The monoisotopic (exact) mass is 261 g/mol. The van der Waals surface area contributed by atoms with Crippen LogP contribution in [0.25, 0.3) is 0 Å². The number of hydrogen-bond acceptors (Lipinski definition) is 4. The first-order chi connectivity index (χ1) is 9.31. The molecular weight excluding hydrogens is 242 g/mol. The largest absolute Gasteiger partial charge is 0.493 e. The summed E-state index contributed by atoms with van der Waals surface area (Å²) < 4.78 is 5.45. The second-order valence-corrected chi connectivity index (χ2v) is 5.00. The molecule has 0 radical (unpaired) electrons. The van der Waals surface area contributed by atoms with Gasteiger partial charge in [0.2, 0.25) is 5.91 Å². The summed E-state index contributed by atoms with van der Waals surface area (Å²) in [6.07, 6.45) is 0.927. The van der Waals surface area contributed by atoms with E-state index >= 15 is 0 Å². The second kappa shape index (κ2) is 5.59. The van der Waals surface area contributed by atoms with E-state index in [0.717, 1.165) is 50.6 Å². The number of rotatable bonds is 3. The predicted molar refractivity (Wildman–Crippen MR) is 73.6 cm³/mol. The Hall–Kier alpha value is -1.59. The number of ether oxygens (including phenoxy) is 1. The number of benzene rings is 1. The smallest absolute Gasteiger partial charge is 0.238 e. The highest BCUT2D eigenvalue weighted by atomic mass is 16.5. The molecule has 0 bridgehead atoms. The van der Waals surface area contributed by atoms with Crippen molar-refractivity contribution in [3.8, 4) is 5.75 Å². The van der Waals surface area contributed by atoms with Gasteiger partial charge in [-0.05, 0) is 23.8 Å². The number of hydrogen-bond donors (Lipinski definition) is 2. The fraction of sp³-hybridized carbons (Fsp3) is 0.500. The maximum atomic E-state index is 12.0. The van der Waals surface area contributed by atoms with Crippen LogP contribution in [0.15, 0.2) is 18.2 Å². The lowest BCUT2D eigenvalue weighted by Gasteiger charge is -2.26. The number of piperazine rings is 1. The number of carbonyl (C=O) groups is 1. The van der Waals surface area contributed by atoms with Crippen LogP contribution in [-0.4, -0.2) is 50.1 Å². The van der Waals surface area contributed by atoms with Gasteiger partial charge in [0.15, 0.2) is 0 Å². The SMILES string of the molecule is O=C(CN1CCNCC1)Nc1ccc2c(c1)CCO2. The summed E-state index contributed by atoms with van der Waals surface area (Å²) in [4.78, 5) is 14.1. The molecule has 2 N–H and O–H groups in total. The molecule has 5 nitrogen and oxygen atoms in total. The Morgan fingerprint density at radius 3 is 3.05 bits per heavy atom. The van der Waals surface area contributed by atoms with Crippen LogP contribution in [0.1, 0.15) is 5.56 Å². The number of amides is 1. The second-order valence-electron chi connectivity index (χ2n) is 5.00. The highest BCUT2D eigenvalue weighted by molar-refractivity contribution is 5.92. The molecule has 19 heavy (non-hydrogen) atoms. The summed E-state index contributed by atoms with van der Waals surface area (Å²) in [6.45, 7) is 5.01. The van der Waals surface area contributed by atoms with Gasteiger partial charge in [0.1, 0.15) is 5.75 Å². The molecule has 0 aliphatic carbocycles. The number of fused-ring (bicyclic) bond motifs is 1. The Morgan fingerprint density at radius 2 is 2.21 bits per heavy atom. The Bertz CT molecular complexity index is 470. The number of nitrogens with zero attached hydrogens (tertiary/aromatic N) is 1. The average Bonchev–Trinajstić information content (AvgIpc) is 2.87. The van der Waals surface area contributed by atoms with Gasteiger partial charge in [-0.15, -0.1) is 0 Å². The first-order valence-corrected chi connectivity index (χ1v) is 6.80. The first kappa shape index (κ1) is 12.4. The van der Waals surface area contributed by atoms with Crippen molar-refractivity contribution in [2.24, 2.45) is 0 Å². The Balaban J connectivity index is 1.56. The fourth-order valence-electron chi connectivity index (χ4n) is 2.54. The zero-order valence-corrected chi connectivity index (χ0v) is 10.9. The predicted octanol–water partition coefficient (Wildman–Crippen LogP) is 0.465. The standard InChI is InChI=1S/C14H19N3O2/c18-14(10-17-6-4-15-5-7-17)16-12-1-2-13-11(9-12)3-8-19-13/h1-2,9,15H,3-8,10H2,(H,16,18). The topological polar surface area (TPSA) is 53.6 Å². The molecule has 1 aromatic rings. The highest BCUT2D eigenvalue weighted by Gasteiger charge is 2.15. The summed E-state index contributed by atoms with van der Waals surface area (Å²) in [5.74, 6) is 1.00. The molecule has 0 saturated carbocycles. The zero-order chi connectivity index (χ0) is 13.1. The van der Waals surface area contributed by atoms with E-state index in [4.69, 9.17) is 4.74 Å². The summed E-state index contributed by atoms with van der Waals surface area (Å²) in [7, 11) is 0. The third-order valence-corrected chi connectivity index (χ3v) is 3.55. The Morgan fingerprint density at radius 1 is 1.37 bits per heavy atom. The van der Waals surface area contributed by atoms with Crippen LogP contribution in [-0.2, 0) is 11.2 Å². The first-order valence-electron chi connectivity index (χ1n) is 6.80. The molecule has 5 heteroatoms. The average molecular weight is 261 g/mol. The molecule has 3 rings (SSSR count). The van der Waals surface area contributed by atoms with Crippen LogP contribution in [0.3, 0.4) is 0 Å². The normalized spacial score (nSPS) is 18.7. The molecular formula is C14H19N3O2. The Labute approximate surface area is 112 Å². The third-order valence-electron chi connectivity index (χ3n) is 3.55. The quantitative estimate of drug-likeness (QED) is 0.830. The number of carbonyl (C=O) groups excluding carboxylic acids is 1. The van der Waals surface area contributed by atoms with Crippen molar-refractivity contribution in [2.75, 3.05) is 44.6 Å². The fourth-order valence-corrected chi connectivity index (χ4v) is 2.54. The van der Waals surface area contributed by atoms with Gasteiger partial charge in [0.05, 0.1) is 13.2 Å². The molecule has 1 fully saturated rings. The maximum absolute atomic E-state index is 12.0. The van der Waals surface area contributed by atoms with Crippen molar-refractivity contribution < 1.29 is 9.53 Å². The molecule has 0 unspecified atom stereocenters. The Kier molecular flexibility index (Phi) is 3.66. The van der Waals surface area contributed by atoms with Gasteiger partial charge in [-0.3, -0.25) is 9.69 Å². The summed E-state index contributed by atoms with van der Waals surface area (Å²) in [6, 6.07) is 5.85. The van der Waals surface area contributed by atoms with E-state index < -0.39 is 0 Å². The minimum atomic E-state index is 0.0563. The molecule has 102 valence electrons. The van der Waals surface area contributed by atoms with E-state index in [1.54, 1.807) is 0 Å². The number of nitrogens with one attached hydrogen (secondary N) is 2. The number of anilines is 1. The van der Waals surface area contributed by atoms with Gasteiger partial charge in [0, 0.05) is 38.3 Å². The van der Waals surface area contributed by atoms with E-state index in [-0.39, 0.29) is 5.91 Å². The lowest BCUT2D eigenvalue weighted by Crippen LogP contribution is -2.46. The minimum absolute atomic E-state index is 0.0563. The van der Waals surface area contributed by atoms with E-state index in [1.165, 1.54) is 5.56 Å². The zero-order valence-electron chi connectivity index (χ0n) is 10.9. The van der Waals surface area contributed by atoms with Crippen molar-refractivity contribution in [2.45, 2.75) is 6.42 Å². The van der Waals surface area contributed by atoms with Gasteiger partial charge in [-0.2, -0.15) is 0 Å². The summed E-state index contributed by atoms with van der Waals surface area (Å²) >= 11 is 0. The van der Waals surface area contributed by atoms with Crippen molar-refractivity contribution in [1.29, 1.82) is 0 Å². The van der Waals surface area contributed by atoms with Gasteiger partial charge >= 0.3 is 0 Å². The van der Waals surface area contributed by atoms with Crippen LogP contribution in [0, 0.1) is 0 Å². The molecule has 0 aromatic heterocycles. The maximum Gasteiger partial charge on any atom is 0.238 e. The molecule has 1 aromatic carbocycles. The van der Waals surface area contributed by atoms with Crippen molar-refractivity contribution in [3.63, 3.8) is 0 Å². The highest BCUT2D eigenvalue weighted by Crippen LogP contribution is 2.27. The molecule has 0 spiro atoms. The van der Waals surface area contributed by atoms with Crippen LogP contribution >= 0.6 is 0 Å². The van der Waals surface area contributed by atoms with Crippen LogP contribution in [0.2, 0.25) is 0 Å². The molecule has 1 saturated heterocycles. The van der Waals surface area contributed by atoms with Crippen LogP contribution in [0.5, 0.6) is 5.75 Å². The lowest BCUT2D eigenvalue weighted by atomic mass is 10.1. The van der Waals surface area contributed by atoms with Crippen molar-refractivity contribution >= 4 is 11.6 Å². The van der Waals surface area contributed by atoms with Gasteiger partial charge in [-0.25, -0.2) is 0 Å². The molecule has 0 atom stereocenters. The van der Waals surface area contributed by atoms with E-state index in [0.29, 0.717) is 6.54 Å². The van der Waals surface area contributed by atoms with E-state index in [2.05, 4.69) is 15.5 Å². The molecule has 2 aliphatic heterocycles. The molecule has 2 heterocycles. The van der Waals surface area contributed by atoms with Crippen LogP contribution < -0.4 is 15.4 Å². The third kappa shape index (κ3) is 3.05. The molecule has 2 aliphatic rings. The molecule has 1 amide bonds. The van der Waals surface area contributed by atoms with E-state index in [1.807, 2.05) is 18.2 Å². The lowest BCUT2D eigenvalue weighted by molar-refractivity contribution is -0.117. The van der Waals surface area contributed by atoms with Gasteiger partial charge < -0.3 is 15.4 Å². The van der Waals surface area contributed by atoms with Crippen LogP contribution in [0.4, 0.5) is 5.69 Å². The van der Waals surface area contributed by atoms with Gasteiger partial charge in [-0.1, -0.05) is 0 Å². The summed E-state index contributed by atoms with van der Waals surface area (Å²) in [5.41, 5.74) is 2.05. The summed E-state index contributed by atoms with van der Waals surface area (Å²) in [5, 5.41) is 6.24. The van der Waals surface area contributed by atoms with Crippen molar-refractivity contribution in [1.82, 2.24) is 10.2 Å². The van der Waals surface area contributed by atoms with Gasteiger partial charge in [0.25, 0.3) is 0 Å². The van der Waals surface area contributed by atoms with E-state index in [9.17, 15) is 4.79 Å². The minimum Gasteiger partial charge on any atom is -0.493 e.